The molecule has 0 aromatic rings. The molecule has 0 saturated carbocycles. The molecule has 5 nitrogen and oxygen atoms in total. The summed E-state index contributed by atoms with van der Waals surface area (Å²) < 4.78 is 16.1. The summed E-state index contributed by atoms with van der Waals surface area (Å²) in [6, 6.07) is 0. The van der Waals surface area contributed by atoms with Crippen molar-refractivity contribution >= 4 is 11.9 Å². The third kappa shape index (κ3) is 21.4. The van der Waals surface area contributed by atoms with Gasteiger partial charge in [0.1, 0.15) is 6.10 Å². The van der Waals surface area contributed by atoms with E-state index in [9.17, 15) is 9.59 Å². The Balaban J connectivity index is 3.48. The van der Waals surface area contributed by atoms with Crippen molar-refractivity contribution in [3.05, 3.63) is 0 Å². The zero-order chi connectivity index (χ0) is 22.0. The summed E-state index contributed by atoms with van der Waals surface area (Å²) in [7, 11) is 0. The summed E-state index contributed by atoms with van der Waals surface area (Å²) in [6.07, 6.45) is 13.3. The van der Waals surface area contributed by atoms with E-state index >= 15 is 0 Å². The summed E-state index contributed by atoms with van der Waals surface area (Å²) >= 11 is 0. The van der Waals surface area contributed by atoms with Crippen LogP contribution < -0.4 is 0 Å². The van der Waals surface area contributed by atoms with E-state index in [4.69, 9.17) is 14.2 Å². The second-order valence-electron chi connectivity index (χ2n) is 8.98. The van der Waals surface area contributed by atoms with Gasteiger partial charge in [-0.2, -0.15) is 0 Å². The van der Waals surface area contributed by atoms with Crippen LogP contribution in [0.25, 0.3) is 0 Å². The van der Waals surface area contributed by atoms with Crippen molar-refractivity contribution in [2.45, 2.75) is 130 Å². The Bertz CT molecular complexity index is 414. The van der Waals surface area contributed by atoms with Gasteiger partial charge in [0.15, 0.2) is 0 Å². The molecule has 0 heterocycles. The molecule has 0 spiro atoms. The summed E-state index contributed by atoms with van der Waals surface area (Å²) in [4.78, 5) is 23.5. The van der Waals surface area contributed by atoms with E-state index in [1.54, 1.807) is 0 Å². The van der Waals surface area contributed by atoms with E-state index < -0.39 is 0 Å². The van der Waals surface area contributed by atoms with E-state index in [-0.39, 0.29) is 36.5 Å². The van der Waals surface area contributed by atoms with Gasteiger partial charge < -0.3 is 14.2 Å². The lowest BCUT2D eigenvalue weighted by Gasteiger charge is -2.22. The van der Waals surface area contributed by atoms with Crippen LogP contribution in [0.2, 0.25) is 0 Å². The zero-order valence-corrected chi connectivity index (χ0v) is 19.7. The smallest absolute Gasteiger partial charge is 0.306 e. The molecule has 1 unspecified atom stereocenters. The SMILES string of the molecule is CCCCCCCCCCCCOC(=O)CCCC(=O)OC(C)COC(C)(C)C. The fourth-order valence-electron chi connectivity index (χ4n) is 2.91. The second-order valence-corrected chi connectivity index (χ2v) is 8.98. The van der Waals surface area contributed by atoms with Crippen molar-refractivity contribution in [2.75, 3.05) is 13.2 Å². The van der Waals surface area contributed by atoms with Gasteiger partial charge >= 0.3 is 11.9 Å². The van der Waals surface area contributed by atoms with Crippen LogP contribution >= 0.6 is 0 Å². The average molecular weight is 415 g/mol. The van der Waals surface area contributed by atoms with Crippen LogP contribution in [0.15, 0.2) is 0 Å². The van der Waals surface area contributed by atoms with Gasteiger partial charge in [-0.15, -0.1) is 0 Å². The minimum Gasteiger partial charge on any atom is -0.466 e. The maximum absolute atomic E-state index is 11.8. The van der Waals surface area contributed by atoms with Gasteiger partial charge in [-0.1, -0.05) is 64.7 Å². The molecular formula is C24H46O5. The number of hydrogen-bond acceptors (Lipinski definition) is 5. The topological polar surface area (TPSA) is 61.8 Å². The molecule has 0 radical (unpaired) electrons. The maximum Gasteiger partial charge on any atom is 0.306 e. The molecule has 0 aliphatic carbocycles. The highest BCUT2D eigenvalue weighted by Crippen LogP contribution is 2.11. The van der Waals surface area contributed by atoms with Gasteiger partial charge in [-0.05, 0) is 40.5 Å². The van der Waals surface area contributed by atoms with E-state index in [1.807, 2.05) is 27.7 Å². The molecule has 172 valence electrons. The van der Waals surface area contributed by atoms with Crippen molar-refractivity contribution in [3.63, 3.8) is 0 Å². The fourth-order valence-corrected chi connectivity index (χ4v) is 2.91. The highest BCUT2D eigenvalue weighted by Gasteiger charge is 2.15. The predicted octanol–water partition coefficient (Wildman–Crippen LogP) is 6.37. The molecule has 0 aliphatic heterocycles. The summed E-state index contributed by atoms with van der Waals surface area (Å²) in [5.74, 6) is -0.518. The van der Waals surface area contributed by atoms with E-state index in [1.165, 1.54) is 51.4 Å². The minimum atomic E-state index is -0.294. The van der Waals surface area contributed by atoms with Gasteiger partial charge in [0.25, 0.3) is 0 Å². The summed E-state index contributed by atoms with van der Waals surface area (Å²) in [6.45, 7) is 10.8. The maximum atomic E-state index is 11.8. The van der Waals surface area contributed by atoms with Gasteiger partial charge in [0.2, 0.25) is 0 Å². The van der Waals surface area contributed by atoms with E-state index in [2.05, 4.69) is 6.92 Å². The monoisotopic (exact) mass is 414 g/mol. The Morgan fingerprint density at radius 3 is 1.83 bits per heavy atom. The van der Waals surface area contributed by atoms with Crippen LogP contribution in [0.4, 0.5) is 0 Å². The highest BCUT2D eigenvalue weighted by molar-refractivity contribution is 5.72. The average Bonchev–Trinajstić information content (AvgIpc) is 2.64. The second kappa shape index (κ2) is 17.7. The first-order valence-corrected chi connectivity index (χ1v) is 11.7. The van der Waals surface area contributed by atoms with Crippen molar-refractivity contribution in [1.82, 2.24) is 0 Å². The Morgan fingerprint density at radius 2 is 1.28 bits per heavy atom. The van der Waals surface area contributed by atoms with Crippen molar-refractivity contribution in [1.29, 1.82) is 0 Å². The Morgan fingerprint density at radius 1 is 0.759 bits per heavy atom. The quantitative estimate of drug-likeness (QED) is 0.193. The summed E-state index contributed by atoms with van der Waals surface area (Å²) in [5, 5.41) is 0. The number of rotatable bonds is 18. The molecule has 0 aromatic heterocycles. The van der Waals surface area contributed by atoms with Crippen LogP contribution in [0.5, 0.6) is 0 Å². The van der Waals surface area contributed by atoms with Crippen molar-refractivity contribution in [3.8, 4) is 0 Å². The molecule has 5 heteroatoms. The molecular weight excluding hydrogens is 368 g/mol. The Hall–Kier alpha value is -1.10. The number of hydrogen-bond donors (Lipinski definition) is 0. The molecule has 1 atom stereocenters. The van der Waals surface area contributed by atoms with Crippen LogP contribution in [0.3, 0.4) is 0 Å². The molecule has 0 aromatic carbocycles. The molecule has 0 bridgehead atoms. The number of carbonyl (C=O) groups excluding carboxylic acids is 2. The van der Waals surface area contributed by atoms with Crippen molar-refractivity contribution in [2.24, 2.45) is 0 Å². The predicted molar refractivity (Wildman–Crippen MR) is 118 cm³/mol. The van der Waals surface area contributed by atoms with Gasteiger partial charge in [-0.25, -0.2) is 0 Å². The van der Waals surface area contributed by atoms with Crippen molar-refractivity contribution < 1.29 is 23.8 Å². The lowest BCUT2D eigenvalue weighted by atomic mass is 10.1. The zero-order valence-electron chi connectivity index (χ0n) is 19.7. The van der Waals surface area contributed by atoms with Gasteiger partial charge in [0, 0.05) is 12.8 Å². The van der Waals surface area contributed by atoms with E-state index in [0.717, 1.165) is 12.8 Å². The number of esters is 2. The highest BCUT2D eigenvalue weighted by atomic mass is 16.6. The van der Waals surface area contributed by atoms with Gasteiger partial charge in [-0.3, -0.25) is 9.59 Å². The lowest BCUT2D eigenvalue weighted by molar-refractivity contribution is -0.154. The third-order valence-corrected chi connectivity index (χ3v) is 4.61. The Kier molecular flexibility index (Phi) is 17.1. The largest absolute Gasteiger partial charge is 0.466 e. The first-order chi connectivity index (χ1) is 13.7. The van der Waals surface area contributed by atoms with Crippen LogP contribution in [0.1, 0.15) is 118 Å². The molecule has 0 rings (SSSR count). The normalized spacial score (nSPS) is 12.6. The third-order valence-electron chi connectivity index (χ3n) is 4.61. The fraction of sp³-hybridized carbons (Fsp3) is 0.917. The number of unbranched alkanes of at least 4 members (excludes halogenated alkanes) is 9. The van der Waals surface area contributed by atoms with Crippen LogP contribution in [-0.4, -0.2) is 36.9 Å². The first-order valence-electron chi connectivity index (χ1n) is 11.7. The lowest BCUT2D eigenvalue weighted by Crippen LogP contribution is -2.27. The van der Waals surface area contributed by atoms with Gasteiger partial charge in [0.05, 0.1) is 18.8 Å². The molecule has 0 N–H and O–H groups in total. The molecule has 0 saturated heterocycles. The Labute approximate surface area is 179 Å². The molecule has 0 aliphatic rings. The minimum absolute atomic E-state index is 0.224. The summed E-state index contributed by atoms with van der Waals surface area (Å²) in [5.41, 5.74) is -0.251. The molecule has 29 heavy (non-hydrogen) atoms. The molecule has 0 amide bonds. The number of ether oxygens (including phenoxy) is 3. The van der Waals surface area contributed by atoms with Crippen LogP contribution in [-0.2, 0) is 23.8 Å². The van der Waals surface area contributed by atoms with Crippen LogP contribution in [0, 0.1) is 0 Å². The van der Waals surface area contributed by atoms with E-state index in [0.29, 0.717) is 19.6 Å². The number of carbonyl (C=O) groups is 2. The first kappa shape index (κ1) is 27.9. The molecule has 0 fully saturated rings. The standard InChI is InChI=1S/C24H46O5/c1-6-7-8-9-10-11-12-13-14-15-19-27-22(25)17-16-18-23(26)29-21(2)20-28-24(3,4)5/h21H,6-20H2,1-5H3.